The number of hydrogen-bond donors (Lipinski definition) is 0. The maximum absolute atomic E-state index is 2.97. The van der Waals surface area contributed by atoms with E-state index in [1.165, 1.54) is 96.8 Å². The summed E-state index contributed by atoms with van der Waals surface area (Å²) in [6, 6.07) is 0. The van der Waals surface area contributed by atoms with Crippen LogP contribution < -0.4 is 0 Å². The van der Waals surface area contributed by atoms with Gasteiger partial charge < -0.3 is 0 Å². The van der Waals surface area contributed by atoms with Crippen molar-refractivity contribution in [1.82, 2.24) is 9.80 Å². The van der Waals surface area contributed by atoms with Crippen LogP contribution in [0.3, 0.4) is 0 Å². The second-order valence-corrected chi connectivity index (χ2v) is 7.81. The van der Waals surface area contributed by atoms with Crippen molar-refractivity contribution in [3.05, 3.63) is 0 Å². The van der Waals surface area contributed by atoms with Crippen LogP contribution in [0.1, 0.15) is 70.6 Å². The average molecular weight is 276 g/mol. The molecule has 0 N–H and O–H groups in total. The minimum absolute atomic E-state index is 0.502. The van der Waals surface area contributed by atoms with Crippen LogP contribution >= 0.6 is 0 Å². The number of likely N-dealkylation sites (tertiary alicyclic amines) is 2. The first-order valence-corrected chi connectivity index (χ1v) is 9.41. The van der Waals surface area contributed by atoms with E-state index in [4.69, 9.17) is 0 Å². The number of hydrogen-bond acceptors (Lipinski definition) is 2. The van der Waals surface area contributed by atoms with Crippen LogP contribution in [0.25, 0.3) is 0 Å². The molecule has 4 aliphatic rings. The van der Waals surface area contributed by atoms with Crippen LogP contribution in [0.15, 0.2) is 0 Å². The van der Waals surface area contributed by atoms with Crippen molar-refractivity contribution in [3.8, 4) is 0 Å². The summed E-state index contributed by atoms with van der Waals surface area (Å²) in [5, 5.41) is 0. The van der Waals surface area contributed by atoms with Gasteiger partial charge >= 0.3 is 0 Å². The van der Waals surface area contributed by atoms with Crippen LogP contribution in [0.4, 0.5) is 0 Å². The van der Waals surface area contributed by atoms with Crippen molar-refractivity contribution in [2.75, 3.05) is 26.2 Å². The second-order valence-electron chi connectivity index (χ2n) is 7.81. The number of fused-ring (bicyclic) bond motifs is 1. The van der Waals surface area contributed by atoms with Crippen molar-refractivity contribution in [2.45, 2.75) is 76.3 Å². The van der Waals surface area contributed by atoms with Crippen LogP contribution in [0.2, 0.25) is 0 Å². The first-order chi connectivity index (χ1) is 9.91. The Morgan fingerprint density at radius 2 is 1.20 bits per heavy atom. The molecule has 0 radical (unpaired) electrons. The van der Waals surface area contributed by atoms with Crippen molar-refractivity contribution in [3.63, 3.8) is 0 Å². The van der Waals surface area contributed by atoms with Gasteiger partial charge in [0.25, 0.3) is 0 Å². The fraction of sp³-hybridized carbons (Fsp3) is 1.00. The lowest BCUT2D eigenvalue weighted by Gasteiger charge is -2.55. The normalized spacial score (nSPS) is 39.0. The van der Waals surface area contributed by atoms with Crippen molar-refractivity contribution in [2.24, 2.45) is 11.8 Å². The summed E-state index contributed by atoms with van der Waals surface area (Å²) in [4.78, 5) is 5.94. The molecule has 2 heterocycles. The maximum atomic E-state index is 2.97. The fourth-order valence-electron chi connectivity index (χ4n) is 6.12. The lowest BCUT2D eigenvalue weighted by Crippen LogP contribution is -2.65. The van der Waals surface area contributed by atoms with Gasteiger partial charge in [0.15, 0.2) is 0 Å². The number of piperidine rings is 2. The summed E-state index contributed by atoms with van der Waals surface area (Å²) in [5.74, 6) is 2.08. The molecule has 2 aliphatic carbocycles. The van der Waals surface area contributed by atoms with E-state index in [0.29, 0.717) is 5.66 Å². The van der Waals surface area contributed by atoms with E-state index >= 15 is 0 Å². The Hall–Kier alpha value is -0.0800. The molecule has 2 saturated carbocycles. The first kappa shape index (κ1) is 13.6. The van der Waals surface area contributed by atoms with Gasteiger partial charge in [-0.25, -0.2) is 0 Å². The molecule has 2 nitrogen and oxygen atoms in total. The van der Waals surface area contributed by atoms with Crippen LogP contribution in [-0.4, -0.2) is 41.6 Å². The molecule has 0 bridgehead atoms. The molecular weight excluding hydrogens is 244 g/mol. The van der Waals surface area contributed by atoms with Gasteiger partial charge in [0.1, 0.15) is 0 Å². The second kappa shape index (κ2) is 5.61. The summed E-state index contributed by atoms with van der Waals surface area (Å²) >= 11 is 0. The molecule has 0 amide bonds. The molecule has 4 rings (SSSR count). The molecule has 2 atom stereocenters. The van der Waals surface area contributed by atoms with E-state index in [1.807, 2.05) is 0 Å². The molecule has 4 fully saturated rings. The van der Waals surface area contributed by atoms with Crippen molar-refractivity contribution >= 4 is 0 Å². The molecule has 0 aromatic heterocycles. The SMILES string of the molecule is C1CCN(C2(N3CCCCC3)CC[C@@H]3CCC[C@@H]32)CC1. The van der Waals surface area contributed by atoms with E-state index in [9.17, 15) is 0 Å². The fourth-order valence-corrected chi connectivity index (χ4v) is 6.12. The quantitative estimate of drug-likeness (QED) is 0.755. The predicted octanol–water partition coefficient (Wildman–Crippen LogP) is 3.86. The number of rotatable bonds is 2. The average Bonchev–Trinajstić information content (AvgIpc) is 3.11. The molecule has 114 valence electrons. The van der Waals surface area contributed by atoms with Gasteiger partial charge in [-0.15, -0.1) is 0 Å². The highest BCUT2D eigenvalue weighted by atomic mass is 15.4. The highest BCUT2D eigenvalue weighted by molar-refractivity contribution is 5.06. The summed E-state index contributed by atoms with van der Waals surface area (Å²) in [5.41, 5.74) is 0.502. The zero-order valence-corrected chi connectivity index (χ0v) is 13.2. The van der Waals surface area contributed by atoms with Crippen molar-refractivity contribution in [1.29, 1.82) is 0 Å². The Balaban J connectivity index is 1.64. The molecule has 0 aromatic carbocycles. The van der Waals surface area contributed by atoms with E-state index in [2.05, 4.69) is 9.80 Å². The van der Waals surface area contributed by atoms with Crippen LogP contribution in [0, 0.1) is 11.8 Å². The van der Waals surface area contributed by atoms with Crippen molar-refractivity contribution < 1.29 is 0 Å². The van der Waals surface area contributed by atoms with Gasteiger partial charge in [0.05, 0.1) is 5.66 Å². The largest absolute Gasteiger partial charge is 0.285 e. The Morgan fingerprint density at radius 3 is 1.80 bits per heavy atom. The Labute approximate surface area is 124 Å². The summed E-state index contributed by atoms with van der Waals surface area (Å²) in [7, 11) is 0. The monoisotopic (exact) mass is 276 g/mol. The molecule has 0 aromatic rings. The van der Waals surface area contributed by atoms with E-state index in [1.54, 1.807) is 0 Å². The van der Waals surface area contributed by atoms with Gasteiger partial charge in [0.2, 0.25) is 0 Å². The Morgan fingerprint density at radius 1 is 0.600 bits per heavy atom. The summed E-state index contributed by atoms with van der Waals surface area (Å²) in [6.45, 7) is 5.55. The summed E-state index contributed by atoms with van der Waals surface area (Å²) < 4.78 is 0. The minimum Gasteiger partial charge on any atom is -0.285 e. The van der Waals surface area contributed by atoms with Gasteiger partial charge in [-0.3, -0.25) is 9.80 Å². The van der Waals surface area contributed by atoms with Gasteiger partial charge in [-0.05, 0) is 83.0 Å². The molecule has 0 spiro atoms. The molecular formula is C18H32N2. The van der Waals surface area contributed by atoms with E-state index < -0.39 is 0 Å². The van der Waals surface area contributed by atoms with E-state index in [-0.39, 0.29) is 0 Å². The Kier molecular flexibility index (Phi) is 3.80. The predicted molar refractivity (Wildman–Crippen MR) is 83.6 cm³/mol. The summed E-state index contributed by atoms with van der Waals surface area (Å²) in [6.07, 6.45) is 16.3. The lowest BCUT2D eigenvalue weighted by molar-refractivity contribution is -0.105. The molecule has 20 heavy (non-hydrogen) atoms. The molecule has 2 saturated heterocycles. The third-order valence-electron chi connectivity index (χ3n) is 6.94. The Bertz CT molecular complexity index is 310. The zero-order valence-electron chi connectivity index (χ0n) is 13.2. The van der Waals surface area contributed by atoms with Gasteiger partial charge in [0, 0.05) is 0 Å². The van der Waals surface area contributed by atoms with Crippen LogP contribution in [-0.2, 0) is 0 Å². The number of nitrogens with zero attached hydrogens (tertiary/aromatic N) is 2. The zero-order chi connectivity index (χ0) is 13.4. The third-order valence-corrected chi connectivity index (χ3v) is 6.94. The standard InChI is InChI=1S/C18H32N2/c1-3-12-19(13-4-1)18(20-14-5-2-6-15-20)11-10-16-8-7-9-17(16)18/h16-17H,1-15H2/t16-,17-/m0/s1. The molecule has 2 heteroatoms. The maximum Gasteiger partial charge on any atom is 0.0769 e. The topological polar surface area (TPSA) is 6.48 Å². The minimum atomic E-state index is 0.502. The highest BCUT2D eigenvalue weighted by Crippen LogP contribution is 2.54. The molecule has 0 unspecified atom stereocenters. The smallest absolute Gasteiger partial charge is 0.0769 e. The van der Waals surface area contributed by atoms with Gasteiger partial charge in [-0.1, -0.05) is 25.7 Å². The van der Waals surface area contributed by atoms with Gasteiger partial charge in [-0.2, -0.15) is 0 Å². The van der Waals surface area contributed by atoms with E-state index in [0.717, 1.165) is 11.8 Å². The highest BCUT2D eigenvalue weighted by Gasteiger charge is 2.56. The third kappa shape index (κ3) is 2.06. The van der Waals surface area contributed by atoms with Crippen LogP contribution in [0.5, 0.6) is 0 Å². The molecule has 2 aliphatic heterocycles. The first-order valence-electron chi connectivity index (χ1n) is 9.41. The lowest BCUT2D eigenvalue weighted by atomic mass is 9.86.